The molecule has 8 nitrogen and oxygen atoms in total. The van der Waals surface area contributed by atoms with Gasteiger partial charge in [-0.1, -0.05) is 35.6 Å². The number of hydrogen-bond acceptors (Lipinski definition) is 7. The first-order valence-electron chi connectivity index (χ1n) is 8.23. The van der Waals surface area contributed by atoms with Crippen LogP contribution in [-0.4, -0.2) is 31.3 Å². The van der Waals surface area contributed by atoms with Crippen molar-refractivity contribution < 1.29 is 13.2 Å². The molecule has 4 N–H and O–H groups in total. The van der Waals surface area contributed by atoms with Gasteiger partial charge in [-0.3, -0.25) is 14.7 Å². The Hall–Kier alpha value is -2.82. The van der Waals surface area contributed by atoms with Crippen molar-refractivity contribution in [1.29, 1.82) is 0 Å². The fraction of sp³-hybridized carbons (Fsp3) is 0.167. The molecule has 1 aromatic carbocycles. The lowest BCUT2D eigenvalue weighted by atomic mass is 10.1. The molecule has 0 atom stereocenters. The second-order valence-corrected chi connectivity index (χ2v) is 8.92. The van der Waals surface area contributed by atoms with E-state index in [9.17, 15) is 13.2 Å². The number of rotatable bonds is 5. The van der Waals surface area contributed by atoms with E-state index in [1.807, 2.05) is 24.3 Å². The predicted molar refractivity (Wildman–Crippen MR) is 109 cm³/mol. The lowest BCUT2D eigenvalue weighted by molar-refractivity contribution is -0.117. The standard InChI is InChI=1S/C18H19N5O3S2/c1-11-17(28(20,25)26)27-18(22-11)23(2)15(24)10-12-5-7-13(8-6-12)16-14(19)4-3-9-21-16/h3-9H,10,19H2,1-2H3,(H2,20,25,26). The Bertz CT molecular complexity index is 1120. The number of aryl methyl sites for hydroxylation is 1. The number of nitrogens with zero attached hydrogens (tertiary/aromatic N) is 3. The van der Waals surface area contributed by atoms with Crippen LogP contribution in [0.4, 0.5) is 10.8 Å². The molecule has 0 radical (unpaired) electrons. The van der Waals surface area contributed by atoms with Crippen LogP contribution >= 0.6 is 11.3 Å². The third kappa shape index (κ3) is 4.19. The van der Waals surface area contributed by atoms with Crippen LogP contribution < -0.4 is 15.8 Å². The van der Waals surface area contributed by atoms with Gasteiger partial charge in [0.15, 0.2) is 9.34 Å². The highest BCUT2D eigenvalue weighted by Crippen LogP contribution is 2.29. The molecule has 28 heavy (non-hydrogen) atoms. The van der Waals surface area contributed by atoms with Gasteiger partial charge in [-0.15, -0.1) is 0 Å². The molecule has 0 saturated heterocycles. The third-order valence-corrected chi connectivity index (χ3v) is 6.87. The van der Waals surface area contributed by atoms with Crippen molar-refractivity contribution in [2.45, 2.75) is 17.6 Å². The highest BCUT2D eigenvalue weighted by molar-refractivity contribution is 7.91. The van der Waals surface area contributed by atoms with Crippen molar-refractivity contribution in [3.05, 3.63) is 53.9 Å². The number of aromatic nitrogens is 2. The number of hydrogen-bond donors (Lipinski definition) is 2. The zero-order valence-corrected chi connectivity index (χ0v) is 16.9. The van der Waals surface area contributed by atoms with Crippen LogP contribution in [0.5, 0.6) is 0 Å². The van der Waals surface area contributed by atoms with Crippen LogP contribution in [0.3, 0.4) is 0 Å². The number of carbonyl (C=O) groups excluding carboxylic acids is 1. The molecule has 0 aliphatic heterocycles. The number of primary sulfonamides is 1. The Balaban J connectivity index is 1.75. The van der Waals surface area contributed by atoms with Gasteiger partial charge in [0.25, 0.3) is 0 Å². The normalized spacial score (nSPS) is 11.4. The molecule has 0 spiro atoms. The molecule has 0 saturated carbocycles. The second-order valence-electron chi connectivity index (χ2n) is 6.18. The Morgan fingerprint density at radius 1 is 1.21 bits per heavy atom. The molecule has 3 rings (SSSR count). The Morgan fingerprint density at radius 3 is 2.46 bits per heavy atom. The number of nitrogens with two attached hydrogens (primary N) is 2. The summed E-state index contributed by atoms with van der Waals surface area (Å²) in [4.78, 5) is 22.3. The third-order valence-electron chi connectivity index (χ3n) is 4.08. The summed E-state index contributed by atoms with van der Waals surface area (Å²) < 4.78 is 23.1. The summed E-state index contributed by atoms with van der Waals surface area (Å²) >= 11 is 0.874. The van der Waals surface area contributed by atoms with Crippen LogP contribution in [0.2, 0.25) is 0 Å². The van der Waals surface area contributed by atoms with Crippen molar-refractivity contribution in [3.63, 3.8) is 0 Å². The number of benzene rings is 1. The molecule has 146 valence electrons. The van der Waals surface area contributed by atoms with Gasteiger partial charge in [-0.05, 0) is 24.6 Å². The average molecular weight is 418 g/mol. The number of carbonyl (C=O) groups is 1. The average Bonchev–Trinajstić information content (AvgIpc) is 3.04. The molecular weight excluding hydrogens is 398 g/mol. The fourth-order valence-corrected chi connectivity index (χ4v) is 4.54. The van der Waals surface area contributed by atoms with Gasteiger partial charge in [-0.2, -0.15) is 0 Å². The minimum absolute atomic E-state index is 0.0422. The molecule has 10 heteroatoms. The molecule has 0 unspecified atom stereocenters. The maximum atomic E-state index is 12.6. The predicted octanol–water partition coefficient (Wildman–Crippen LogP) is 1.95. The summed E-state index contributed by atoms with van der Waals surface area (Å²) in [5, 5.41) is 5.45. The lowest BCUT2D eigenvalue weighted by Crippen LogP contribution is -2.27. The van der Waals surface area contributed by atoms with Crippen LogP contribution in [-0.2, 0) is 21.2 Å². The fourth-order valence-electron chi connectivity index (χ4n) is 2.62. The van der Waals surface area contributed by atoms with Crippen molar-refractivity contribution in [2.75, 3.05) is 17.7 Å². The quantitative estimate of drug-likeness (QED) is 0.652. The molecule has 0 bridgehead atoms. The van der Waals surface area contributed by atoms with E-state index < -0.39 is 10.0 Å². The largest absolute Gasteiger partial charge is 0.397 e. The van der Waals surface area contributed by atoms with Gasteiger partial charge >= 0.3 is 0 Å². The first-order valence-corrected chi connectivity index (χ1v) is 10.6. The first-order chi connectivity index (χ1) is 13.2. The van der Waals surface area contributed by atoms with E-state index in [1.165, 1.54) is 4.90 Å². The highest BCUT2D eigenvalue weighted by atomic mass is 32.2. The molecule has 3 aromatic rings. The Morgan fingerprint density at radius 2 is 1.89 bits per heavy atom. The Kier molecular flexibility index (Phi) is 5.45. The Labute approximate surface area is 166 Å². The van der Waals surface area contributed by atoms with Crippen molar-refractivity contribution in [2.24, 2.45) is 5.14 Å². The molecule has 2 heterocycles. The highest BCUT2D eigenvalue weighted by Gasteiger charge is 2.22. The number of sulfonamides is 1. The minimum Gasteiger partial charge on any atom is -0.397 e. The summed E-state index contributed by atoms with van der Waals surface area (Å²) in [7, 11) is -2.31. The number of likely N-dealkylation sites (N-methyl/N-ethyl adjacent to an activating group) is 1. The van der Waals surface area contributed by atoms with E-state index in [0.29, 0.717) is 11.4 Å². The first kappa shape index (κ1) is 19.9. The molecule has 2 aromatic heterocycles. The van der Waals surface area contributed by atoms with Crippen LogP contribution in [0.1, 0.15) is 11.3 Å². The number of pyridine rings is 1. The topological polar surface area (TPSA) is 132 Å². The maximum Gasteiger partial charge on any atom is 0.249 e. The van der Waals surface area contributed by atoms with Gasteiger partial charge in [0.2, 0.25) is 15.9 Å². The van der Waals surface area contributed by atoms with Gasteiger partial charge < -0.3 is 5.73 Å². The van der Waals surface area contributed by atoms with E-state index in [4.69, 9.17) is 10.9 Å². The summed E-state index contributed by atoms with van der Waals surface area (Å²) in [6, 6.07) is 10.9. The van der Waals surface area contributed by atoms with E-state index in [0.717, 1.165) is 22.5 Å². The van der Waals surface area contributed by atoms with Crippen molar-refractivity contribution >= 4 is 38.1 Å². The van der Waals surface area contributed by atoms with Crippen LogP contribution in [0, 0.1) is 6.92 Å². The SMILES string of the molecule is Cc1nc(N(C)C(=O)Cc2ccc(-c3ncccc3N)cc2)sc1S(N)(=O)=O. The van der Waals surface area contributed by atoms with E-state index >= 15 is 0 Å². The molecule has 0 aliphatic rings. The van der Waals surface area contributed by atoms with Gasteiger partial charge in [0.05, 0.1) is 23.5 Å². The second kappa shape index (κ2) is 7.66. The zero-order chi connectivity index (χ0) is 20.5. The maximum absolute atomic E-state index is 12.6. The van der Waals surface area contributed by atoms with Gasteiger partial charge in [0, 0.05) is 18.8 Å². The van der Waals surface area contributed by atoms with Gasteiger partial charge in [0.1, 0.15) is 0 Å². The molecule has 1 amide bonds. The smallest absolute Gasteiger partial charge is 0.249 e. The van der Waals surface area contributed by atoms with E-state index in [1.54, 1.807) is 32.3 Å². The number of anilines is 2. The number of amides is 1. The molecular formula is C18H19N5O3S2. The van der Waals surface area contributed by atoms with Crippen LogP contribution in [0.25, 0.3) is 11.3 Å². The summed E-state index contributed by atoms with van der Waals surface area (Å²) in [6.07, 6.45) is 1.81. The van der Waals surface area contributed by atoms with Crippen LogP contribution in [0.15, 0.2) is 46.8 Å². The van der Waals surface area contributed by atoms with Crippen molar-refractivity contribution in [1.82, 2.24) is 9.97 Å². The monoisotopic (exact) mass is 417 g/mol. The lowest BCUT2D eigenvalue weighted by Gasteiger charge is -2.14. The summed E-state index contributed by atoms with van der Waals surface area (Å²) in [6.45, 7) is 1.54. The molecule has 0 aliphatic carbocycles. The molecule has 0 fully saturated rings. The number of nitrogen functional groups attached to an aromatic ring is 1. The minimum atomic E-state index is -3.86. The van der Waals surface area contributed by atoms with Gasteiger partial charge in [-0.25, -0.2) is 18.5 Å². The zero-order valence-electron chi connectivity index (χ0n) is 15.3. The summed E-state index contributed by atoms with van der Waals surface area (Å²) in [5.74, 6) is -0.222. The van der Waals surface area contributed by atoms with Crippen molar-refractivity contribution in [3.8, 4) is 11.3 Å². The summed E-state index contributed by atoms with van der Waals surface area (Å²) in [5.41, 5.74) is 9.14. The van der Waals surface area contributed by atoms with E-state index in [2.05, 4.69) is 9.97 Å². The number of thiazole rings is 1. The van der Waals surface area contributed by atoms with E-state index in [-0.39, 0.29) is 27.4 Å².